The molecule has 5 nitrogen and oxygen atoms in total. The zero-order chi connectivity index (χ0) is 19.3. The summed E-state index contributed by atoms with van der Waals surface area (Å²) in [5.74, 6) is -0.0926. The summed E-state index contributed by atoms with van der Waals surface area (Å²) >= 11 is 0. The number of nitrogens with one attached hydrogen (secondary N) is 1. The highest BCUT2D eigenvalue weighted by molar-refractivity contribution is 5.96. The second-order valence-corrected chi connectivity index (χ2v) is 7.62. The van der Waals surface area contributed by atoms with Gasteiger partial charge in [-0.3, -0.25) is 9.59 Å². The quantitative estimate of drug-likeness (QED) is 0.875. The maximum Gasteiger partial charge on any atom is 0.416 e. The van der Waals surface area contributed by atoms with Gasteiger partial charge in [-0.15, -0.1) is 0 Å². The smallest absolute Gasteiger partial charge is 0.368 e. The van der Waals surface area contributed by atoms with Gasteiger partial charge in [-0.2, -0.15) is 13.2 Å². The van der Waals surface area contributed by atoms with Crippen molar-refractivity contribution in [3.05, 3.63) is 29.3 Å². The van der Waals surface area contributed by atoms with Crippen molar-refractivity contribution in [1.82, 2.24) is 4.90 Å². The van der Waals surface area contributed by atoms with Crippen LogP contribution in [0.5, 0.6) is 0 Å². The molecule has 0 unspecified atom stereocenters. The standard InChI is InChI=1S/C19H21F3N2O3/c1-10-7-11(19(20,21)22)4-5-14(10)23-17(25)16-12-8-24(9-13(12)16)18(26)15-3-2-6-27-15/h4-5,7,12-13,15-16H,2-3,6,8-9H2,1H3,(H,23,25)/t12-,13-,15+/m1/s1. The Morgan fingerprint density at radius 3 is 2.48 bits per heavy atom. The number of amides is 2. The Balaban J connectivity index is 1.33. The largest absolute Gasteiger partial charge is 0.416 e. The van der Waals surface area contributed by atoms with E-state index >= 15 is 0 Å². The summed E-state index contributed by atoms with van der Waals surface area (Å²) in [7, 11) is 0. The summed E-state index contributed by atoms with van der Waals surface area (Å²) in [6.07, 6.45) is -3.10. The van der Waals surface area contributed by atoms with E-state index in [9.17, 15) is 22.8 Å². The molecule has 0 radical (unpaired) electrons. The van der Waals surface area contributed by atoms with Crippen molar-refractivity contribution < 1.29 is 27.5 Å². The Labute approximate surface area is 154 Å². The maximum absolute atomic E-state index is 12.7. The maximum atomic E-state index is 12.7. The van der Waals surface area contributed by atoms with Gasteiger partial charge in [0.2, 0.25) is 5.91 Å². The lowest BCUT2D eigenvalue weighted by Crippen LogP contribution is -2.39. The first kappa shape index (κ1) is 18.3. The van der Waals surface area contributed by atoms with Crippen molar-refractivity contribution in [1.29, 1.82) is 0 Å². The van der Waals surface area contributed by atoms with Crippen molar-refractivity contribution in [3.8, 4) is 0 Å². The molecule has 3 aliphatic rings. The first-order valence-electron chi connectivity index (χ1n) is 9.15. The lowest BCUT2D eigenvalue weighted by atomic mass is 10.1. The number of piperidine rings is 1. The van der Waals surface area contributed by atoms with Gasteiger partial charge >= 0.3 is 6.18 Å². The molecule has 4 rings (SSSR count). The minimum Gasteiger partial charge on any atom is -0.368 e. The van der Waals surface area contributed by atoms with Gasteiger partial charge in [-0.1, -0.05) is 0 Å². The van der Waals surface area contributed by atoms with E-state index in [2.05, 4.69) is 5.32 Å². The number of alkyl halides is 3. The summed E-state index contributed by atoms with van der Waals surface area (Å²) in [4.78, 5) is 26.6. The molecular weight excluding hydrogens is 361 g/mol. The number of anilines is 1. The van der Waals surface area contributed by atoms with Crippen LogP contribution in [0.1, 0.15) is 24.0 Å². The van der Waals surface area contributed by atoms with Crippen LogP contribution in [0.2, 0.25) is 0 Å². The predicted molar refractivity (Wildman–Crippen MR) is 90.8 cm³/mol. The minimum atomic E-state index is -4.40. The molecule has 0 spiro atoms. The number of ether oxygens (including phenoxy) is 1. The summed E-state index contributed by atoms with van der Waals surface area (Å²) in [6.45, 7) is 3.26. The van der Waals surface area contributed by atoms with Crippen molar-refractivity contribution in [2.75, 3.05) is 25.0 Å². The van der Waals surface area contributed by atoms with Crippen LogP contribution in [-0.2, 0) is 20.5 Å². The van der Waals surface area contributed by atoms with E-state index in [4.69, 9.17) is 4.74 Å². The van der Waals surface area contributed by atoms with Gasteiger partial charge in [-0.05, 0) is 55.4 Å². The highest BCUT2D eigenvalue weighted by Crippen LogP contribution is 2.52. The molecule has 2 amide bonds. The van der Waals surface area contributed by atoms with E-state index in [1.165, 1.54) is 6.07 Å². The third-order valence-corrected chi connectivity index (χ3v) is 5.83. The van der Waals surface area contributed by atoms with Gasteiger partial charge in [0.1, 0.15) is 6.10 Å². The average molecular weight is 382 g/mol. The first-order valence-corrected chi connectivity index (χ1v) is 9.15. The molecule has 1 aliphatic carbocycles. The lowest BCUT2D eigenvalue weighted by molar-refractivity contribution is -0.141. The van der Waals surface area contributed by atoms with Gasteiger partial charge in [-0.25, -0.2) is 0 Å². The monoisotopic (exact) mass is 382 g/mol. The molecule has 0 aromatic heterocycles. The van der Waals surface area contributed by atoms with E-state index in [-0.39, 0.29) is 35.7 Å². The van der Waals surface area contributed by atoms with Crippen LogP contribution in [0.4, 0.5) is 18.9 Å². The number of rotatable bonds is 3. The first-order chi connectivity index (χ1) is 12.8. The van der Waals surface area contributed by atoms with Crippen LogP contribution in [0.15, 0.2) is 18.2 Å². The van der Waals surface area contributed by atoms with Gasteiger partial charge in [0.05, 0.1) is 5.56 Å². The summed E-state index contributed by atoms with van der Waals surface area (Å²) in [5, 5.41) is 2.74. The number of halogens is 3. The predicted octanol–water partition coefficient (Wildman–Crippen LogP) is 2.84. The number of likely N-dealkylation sites (tertiary alicyclic amines) is 1. The fourth-order valence-corrected chi connectivity index (χ4v) is 4.27. The molecule has 1 saturated carbocycles. The Morgan fingerprint density at radius 1 is 1.22 bits per heavy atom. The Kier molecular flexibility index (Phi) is 4.41. The fraction of sp³-hybridized carbons (Fsp3) is 0.579. The average Bonchev–Trinajstić information content (AvgIpc) is 2.99. The number of nitrogens with zero attached hydrogens (tertiary/aromatic N) is 1. The van der Waals surface area contributed by atoms with Crippen LogP contribution >= 0.6 is 0 Å². The zero-order valence-corrected chi connectivity index (χ0v) is 14.9. The molecule has 0 bridgehead atoms. The Morgan fingerprint density at radius 2 is 1.93 bits per heavy atom. The van der Waals surface area contributed by atoms with E-state index in [1.54, 1.807) is 11.8 Å². The van der Waals surface area contributed by atoms with Gasteiger partial charge in [0.25, 0.3) is 5.91 Å². The normalized spacial score (nSPS) is 29.6. The number of carbonyl (C=O) groups is 2. The molecule has 2 aliphatic heterocycles. The SMILES string of the molecule is Cc1cc(C(F)(F)F)ccc1NC(=O)C1[C@@H]2CN(C(=O)[C@@H]3CCCO3)C[C@@H]12. The number of carbonyl (C=O) groups excluding carboxylic acids is 2. The Bertz CT molecular complexity index is 762. The molecular formula is C19H21F3N2O3. The second-order valence-electron chi connectivity index (χ2n) is 7.62. The van der Waals surface area contributed by atoms with Crippen LogP contribution in [0.25, 0.3) is 0 Å². The van der Waals surface area contributed by atoms with Crippen LogP contribution in [0, 0.1) is 24.7 Å². The second kappa shape index (κ2) is 6.51. The topological polar surface area (TPSA) is 58.6 Å². The van der Waals surface area contributed by atoms with Crippen molar-refractivity contribution in [3.63, 3.8) is 0 Å². The summed E-state index contributed by atoms with van der Waals surface area (Å²) < 4.78 is 43.7. The van der Waals surface area contributed by atoms with E-state index in [0.717, 1.165) is 25.0 Å². The van der Waals surface area contributed by atoms with Gasteiger partial charge in [0, 0.05) is 31.3 Å². The lowest BCUT2D eigenvalue weighted by Gasteiger charge is -2.22. The molecule has 1 aromatic rings. The van der Waals surface area contributed by atoms with E-state index in [0.29, 0.717) is 30.9 Å². The third kappa shape index (κ3) is 3.42. The number of fused-ring (bicyclic) bond motifs is 1. The fourth-order valence-electron chi connectivity index (χ4n) is 4.27. The van der Waals surface area contributed by atoms with Crippen molar-refractivity contribution in [2.45, 2.75) is 32.0 Å². The highest BCUT2D eigenvalue weighted by atomic mass is 19.4. The number of benzene rings is 1. The molecule has 1 aromatic carbocycles. The van der Waals surface area contributed by atoms with Crippen molar-refractivity contribution in [2.24, 2.45) is 17.8 Å². The summed E-state index contributed by atoms with van der Waals surface area (Å²) in [5.41, 5.74) is 0.0361. The third-order valence-electron chi connectivity index (χ3n) is 5.83. The number of hydrogen-bond acceptors (Lipinski definition) is 3. The molecule has 146 valence electrons. The minimum absolute atomic E-state index is 0.0115. The van der Waals surface area contributed by atoms with E-state index in [1.807, 2.05) is 0 Å². The van der Waals surface area contributed by atoms with E-state index < -0.39 is 11.7 Å². The number of aryl methyl sites for hydroxylation is 1. The van der Waals surface area contributed by atoms with Crippen LogP contribution in [0.3, 0.4) is 0 Å². The Hall–Kier alpha value is -2.09. The molecule has 27 heavy (non-hydrogen) atoms. The zero-order valence-electron chi connectivity index (χ0n) is 14.9. The molecule has 3 fully saturated rings. The van der Waals surface area contributed by atoms with Crippen LogP contribution in [-0.4, -0.2) is 42.5 Å². The molecule has 1 N–H and O–H groups in total. The van der Waals surface area contributed by atoms with Crippen molar-refractivity contribution >= 4 is 17.5 Å². The molecule has 8 heteroatoms. The highest BCUT2D eigenvalue weighted by Gasteiger charge is 2.60. The number of hydrogen-bond donors (Lipinski definition) is 1. The molecule has 2 saturated heterocycles. The van der Waals surface area contributed by atoms with Gasteiger partial charge < -0.3 is 15.0 Å². The van der Waals surface area contributed by atoms with Crippen LogP contribution < -0.4 is 5.32 Å². The van der Waals surface area contributed by atoms with Gasteiger partial charge in [0.15, 0.2) is 0 Å². The summed E-state index contributed by atoms with van der Waals surface area (Å²) in [6, 6.07) is 3.30. The molecule has 2 heterocycles. The molecule has 3 atom stereocenters.